The lowest BCUT2D eigenvalue weighted by Gasteiger charge is -2.38. The summed E-state index contributed by atoms with van der Waals surface area (Å²) < 4.78 is 16.6. The van der Waals surface area contributed by atoms with Crippen molar-refractivity contribution in [3.63, 3.8) is 0 Å². The van der Waals surface area contributed by atoms with E-state index in [1.807, 2.05) is 31.6 Å². The molecule has 6 nitrogen and oxygen atoms in total. The van der Waals surface area contributed by atoms with E-state index in [9.17, 15) is 4.39 Å². The number of aliphatic imine (C=N–C) groups is 1. The molecule has 0 atom stereocenters. The van der Waals surface area contributed by atoms with Gasteiger partial charge in [0.2, 0.25) is 0 Å². The van der Waals surface area contributed by atoms with Gasteiger partial charge in [-0.05, 0) is 44.7 Å². The number of para-hydroxylation sites is 1. The number of rotatable bonds is 4. The first kappa shape index (κ1) is 18.8. The fraction of sp³-hybridized carbons (Fsp3) is 0.417. The van der Waals surface area contributed by atoms with Crippen molar-refractivity contribution in [1.29, 1.82) is 0 Å². The van der Waals surface area contributed by atoms with Gasteiger partial charge in [0.1, 0.15) is 0 Å². The number of anilines is 3. The van der Waals surface area contributed by atoms with E-state index in [1.54, 1.807) is 10.5 Å². The van der Waals surface area contributed by atoms with E-state index in [0.717, 1.165) is 54.7 Å². The van der Waals surface area contributed by atoms with E-state index < -0.39 is 0 Å². The van der Waals surface area contributed by atoms with Crippen molar-refractivity contribution >= 4 is 34.6 Å². The van der Waals surface area contributed by atoms with Gasteiger partial charge in [0.05, 0.1) is 35.0 Å². The average Bonchev–Trinajstić information content (AvgIpc) is 3.51. The molecule has 6 rings (SSSR count). The molecule has 0 radical (unpaired) electrons. The van der Waals surface area contributed by atoms with Crippen molar-refractivity contribution in [2.45, 2.75) is 44.7 Å². The van der Waals surface area contributed by atoms with Crippen LogP contribution in [0.1, 0.15) is 31.4 Å². The molecule has 3 aliphatic rings. The molecular formula is C24H27FN6. The summed E-state index contributed by atoms with van der Waals surface area (Å²) in [6, 6.07) is 9.26. The lowest BCUT2D eigenvalue weighted by atomic mass is 10.0. The van der Waals surface area contributed by atoms with E-state index in [4.69, 9.17) is 0 Å². The molecule has 0 amide bonds. The van der Waals surface area contributed by atoms with Gasteiger partial charge >= 0.3 is 0 Å². The Morgan fingerprint density at radius 1 is 1.06 bits per heavy atom. The van der Waals surface area contributed by atoms with Crippen molar-refractivity contribution in [1.82, 2.24) is 14.7 Å². The van der Waals surface area contributed by atoms with Crippen LogP contribution >= 0.6 is 0 Å². The Labute approximate surface area is 181 Å². The standard InChI is InChI=1S/C24H27FN6/c1-16-14-30-15-19(13-20(25)24(30)27-16)31-12-9-26-21-3-2-4-22(23(21)31)29-10-7-18(8-11-29)28-17-5-6-17/h2-4,9,13-15,17-18,28H,5-8,10-12H2,1H3. The van der Waals surface area contributed by atoms with E-state index in [-0.39, 0.29) is 5.82 Å². The fourth-order valence-corrected chi connectivity index (χ4v) is 4.89. The van der Waals surface area contributed by atoms with Crippen molar-refractivity contribution in [3.8, 4) is 0 Å². The maximum atomic E-state index is 14.8. The number of nitrogens with one attached hydrogen (secondary N) is 1. The molecule has 0 spiro atoms. The molecule has 2 fully saturated rings. The lowest BCUT2D eigenvalue weighted by molar-refractivity contribution is 0.413. The van der Waals surface area contributed by atoms with Crippen LogP contribution < -0.4 is 15.1 Å². The van der Waals surface area contributed by atoms with Crippen LogP contribution in [-0.2, 0) is 0 Å². The number of piperidine rings is 1. The molecule has 7 heteroatoms. The van der Waals surface area contributed by atoms with Crippen LogP contribution in [0.15, 0.2) is 41.7 Å². The molecule has 1 saturated carbocycles. The number of hydrogen-bond acceptors (Lipinski definition) is 5. The predicted octanol–water partition coefficient (Wildman–Crippen LogP) is 4.36. The molecule has 0 unspecified atom stereocenters. The topological polar surface area (TPSA) is 48.2 Å². The number of imidazole rings is 1. The number of pyridine rings is 1. The Balaban J connectivity index is 1.35. The Morgan fingerprint density at radius 3 is 2.68 bits per heavy atom. The van der Waals surface area contributed by atoms with E-state index in [1.165, 1.54) is 18.5 Å². The first-order valence-electron chi connectivity index (χ1n) is 11.2. The smallest absolute Gasteiger partial charge is 0.173 e. The summed E-state index contributed by atoms with van der Waals surface area (Å²) in [6.07, 6.45) is 10.7. The molecule has 3 aromatic rings. The van der Waals surface area contributed by atoms with Crippen LogP contribution in [0, 0.1) is 12.7 Å². The summed E-state index contributed by atoms with van der Waals surface area (Å²) >= 11 is 0. The average molecular weight is 419 g/mol. The minimum absolute atomic E-state index is 0.306. The Hall–Kier alpha value is -2.93. The van der Waals surface area contributed by atoms with Gasteiger partial charge in [-0.3, -0.25) is 4.99 Å². The van der Waals surface area contributed by atoms with Crippen molar-refractivity contribution in [2.75, 3.05) is 29.4 Å². The molecule has 2 aliphatic heterocycles. The SMILES string of the molecule is Cc1cn2cc(N3CC=Nc4cccc(N5CCC(NC6CC6)CC5)c43)cc(F)c2n1. The zero-order valence-corrected chi connectivity index (χ0v) is 17.8. The second kappa shape index (κ2) is 7.34. The highest BCUT2D eigenvalue weighted by Crippen LogP contribution is 2.44. The van der Waals surface area contributed by atoms with Gasteiger partial charge in [0.25, 0.3) is 0 Å². The van der Waals surface area contributed by atoms with Gasteiger partial charge in [-0.15, -0.1) is 0 Å². The molecule has 1 N–H and O–H groups in total. The maximum Gasteiger partial charge on any atom is 0.173 e. The Bertz CT molecular complexity index is 1160. The minimum Gasteiger partial charge on any atom is -0.370 e. The largest absolute Gasteiger partial charge is 0.370 e. The van der Waals surface area contributed by atoms with Gasteiger partial charge in [-0.2, -0.15) is 0 Å². The highest BCUT2D eigenvalue weighted by atomic mass is 19.1. The quantitative estimate of drug-likeness (QED) is 0.684. The third-order valence-electron chi connectivity index (χ3n) is 6.57. The van der Waals surface area contributed by atoms with E-state index in [2.05, 4.69) is 37.2 Å². The van der Waals surface area contributed by atoms with Crippen LogP contribution in [-0.4, -0.2) is 47.3 Å². The van der Waals surface area contributed by atoms with E-state index in [0.29, 0.717) is 18.2 Å². The number of benzene rings is 1. The third-order valence-corrected chi connectivity index (χ3v) is 6.57. The zero-order chi connectivity index (χ0) is 20.9. The van der Waals surface area contributed by atoms with Gasteiger partial charge in [-0.25, -0.2) is 9.37 Å². The first-order valence-corrected chi connectivity index (χ1v) is 11.2. The molecular weight excluding hydrogens is 391 g/mol. The summed E-state index contributed by atoms with van der Waals surface area (Å²) in [5, 5.41) is 3.78. The van der Waals surface area contributed by atoms with Crippen LogP contribution in [0.5, 0.6) is 0 Å². The lowest BCUT2D eigenvalue weighted by Crippen LogP contribution is -2.43. The number of aryl methyl sites for hydroxylation is 1. The molecule has 2 aromatic heterocycles. The van der Waals surface area contributed by atoms with Gasteiger partial charge in [-0.1, -0.05) is 6.07 Å². The molecule has 0 bridgehead atoms. The predicted molar refractivity (Wildman–Crippen MR) is 123 cm³/mol. The van der Waals surface area contributed by atoms with Crippen LogP contribution in [0.25, 0.3) is 5.65 Å². The first-order chi connectivity index (χ1) is 15.2. The van der Waals surface area contributed by atoms with E-state index >= 15 is 0 Å². The number of fused-ring (bicyclic) bond motifs is 2. The second-order valence-electron chi connectivity index (χ2n) is 8.93. The molecule has 1 saturated heterocycles. The second-order valence-corrected chi connectivity index (χ2v) is 8.93. The maximum absolute atomic E-state index is 14.8. The zero-order valence-electron chi connectivity index (χ0n) is 17.8. The molecule has 160 valence electrons. The summed E-state index contributed by atoms with van der Waals surface area (Å²) in [7, 11) is 0. The van der Waals surface area contributed by atoms with Gasteiger partial charge in [0.15, 0.2) is 11.5 Å². The van der Waals surface area contributed by atoms with Crippen molar-refractivity contribution in [2.24, 2.45) is 4.99 Å². The number of hydrogen-bond donors (Lipinski definition) is 1. The number of aromatic nitrogens is 2. The monoisotopic (exact) mass is 418 g/mol. The summed E-state index contributed by atoms with van der Waals surface area (Å²) in [4.78, 5) is 13.6. The molecule has 31 heavy (non-hydrogen) atoms. The summed E-state index contributed by atoms with van der Waals surface area (Å²) in [5.41, 5.74) is 5.17. The highest BCUT2D eigenvalue weighted by molar-refractivity contribution is 5.93. The fourth-order valence-electron chi connectivity index (χ4n) is 4.89. The molecule has 4 heterocycles. The van der Waals surface area contributed by atoms with Crippen LogP contribution in [0.3, 0.4) is 0 Å². The van der Waals surface area contributed by atoms with Crippen LogP contribution in [0.4, 0.5) is 27.1 Å². The minimum atomic E-state index is -0.306. The summed E-state index contributed by atoms with van der Waals surface area (Å²) in [5.74, 6) is -0.306. The summed E-state index contributed by atoms with van der Waals surface area (Å²) in [6.45, 7) is 4.54. The normalized spacial score (nSPS) is 19.3. The van der Waals surface area contributed by atoms with Crippen molar-refractivity contribution in [3.05, 3.63) is 48.2 Å². The van der Waals surface area contributed by atoms with Crippen molar-refractivity contribution < 1.29 is 4.39 Å². The van der Waals surface area contributed by atoms with Gasteiger partial charge in [0, 0.05) is 49.8 Å². The Kier molecular flexibility index (Phi) is 4.45. The molecule has 1 aromatic carbocycles. The van der Waals surface area contributed by atoms with Crippen LogP contribution in [0.2, 0.25) is 0 Å². The number of nitrogens with zero attached hydrogens (tertiary/aromatic N) is 5. The molecule has 1 aliphatic carbocycles. The number of halogens is 1. The highest BCUT2D eigenvalue weighted by Gasteiger charge is 2.29. The van der Waals surface area contributed by atoms with Gasteiger partial charge < -0.3 is 19.5 Å². The third kappa shape index (κ3) is 3.47. The Morgan fingerprint density at radius 2 is 1.87 bits per heavy atom.